The van der Waals surface area contributed by atoms with Crippen molar-refractivity contribution in [3.05, 3.63) is 118 Å². The molecule has 2 aliphatic heterocycles. The Bertz CT molecular complexity index is 1710. The van der Waals surface area contributed by atoms with Crippen molar-refractivity contribution in [2.24, 2.45) is 0 Å². The first kappa shape index (κ1) is 28.5. The Morgan fingerprint density at radius 1 is 0.814 bits per heavy atom. The molecule has 4 aromatic rings. The molecule has 8 nitrogen and oxygen atoms in total. The molecule has 43 heavy (non-hydrogen) atoms. The van der Waals surface area contributed by atoms with Crippen molar-refractivity contribution < 1.29 is 19.2 Å². The summed E-state index contributed by atoms with van der Waals surface area (Å²) in [6.07, 6.45) is 1.24. The minimum absolute atomic E-state index is 0.0998. The lowest BCUT2D eigenvalue weighted by molar-refractivity contribution is -0.136. The first-order valence-electron chi connectivity index (χ1n) is 14.7. The van der Waals surface area contributed by atoms with E-state index in [0.29, 0.717) is 18.7 Å². The maximum Gasteiger partial charge on any atom is 0.262 e. The Labute approximate surface area is 250 Å². The molecule has 2 heterocycles. The van der Waals surface area contributed by atoms with Crippen LogP contribution in [0.4, 0.5) is 0 Å². The molecule has 218 valence electrons. The molecule has 1 saturated heterocycles. The van der Waals surface area contributed by atoms with Crippen molar-refractivity contribution in [2.45, 2.75) is 44.9 Å². The standard InChI is InChI=1S/C35H34N4O4/c1-38(18-17-27-7-4-6-26-5-2-3-8-28(26)27)22-24-11-9-23(10-12-24)20-36-21-25-13-14-29-30(19-25)35(43)39(34(29)42)31-15-16-32(40)37-33(31)41/h2-14,19,31,36H,15-18,20-22H2,1H3,(H,37,40,41). The number of imide groups is 2. The summed E-state index contributed by atoms with van der Waals surface area (Å²) in [6.45, 7) is 3.02. The van der Waals surface area contributed by atoms with Gasteiger partial charge in [0.05, 0.1) is 11.1 Å². The van der Waals surface area contributed by atoms with Crippen molar-refractivity contribution in [2.75, 3.05) is 13.6 Å². The molecule has 4 amide bonds. The molecule has 1 fully saturated rings. The summed E-state index contributed by atoms with van der Waals surface area (Å²) in [4.78, 5) is 53.1. The molecule has 0 spiro atoms. The number of fused-ring (bicyclic) bond motifs is 2. The number of rotatable bonds is 10. The van der Waals surface area contributed by atoms with Crippen molar-refractivity contribution in [3.8, 4) is 0 Å². The second-order valence-electron chi connectivity index (χ2n) is 11.4. The van der Waals surface area contributed by atoms with Gasteiger partial charge in [0.1, 0.15) is 6.04 Å². The molecule has 0 saturated carbocycles. The van der Waals surface area contributed by atoms with E-state index < -0.39 is 23.8 Å². The van der Waals surface area contributed by atoms with E-state index in [1.165, 1.54) is 21.9 Å². The van der Waals surface area contributed by atoms with Gasteiger partial charge in [0.25, 0.3) is 11.8 Å². The minimum atomic E-state index is -0.960. The molecular formula is C35H34N4O4. The fourth-order valence-corrected chi connectivity index (χ4v) is 5.95. The third-order valence-corrected chi connectivity index (χ3v) is 8.28. The Balaban J connectivity index is 0.994. The van der Waals surface area contributed by atoms with Crippen LogP contribution in [0.1, 0.15) is 55.8 Å². The van der Waals surface area contributed by atoms with E-state index >= 15 is 0 Å². The van der Waals surface area contributed by atoms with Crippen LogP contribution >= 0.6 is 0 Å². The number of carbonyl (C=O) groups is 4. The van der Waals surface area contributed by atoms with Gasteiger partial charge in [-0.25, -0.2) is 0 Å². The molecule has 4 aromatic carbocycles. The van der Waals surface area contributed by atoms with Gasteiger partial charge in [0.15, 0.2) is 0 Å². The fraction of sp³-hybridized carbons (Fsp3) is 0.257. The average molecular weight is 575 g/mol. The van der Waals surface area contributed by atoms with E-state index in [0.717, 1.165) is 35.5 Å². The predicted molar refractivity (Wildman–Crippen MR) is 164 cm³/mol. The maximum absolute atomic E-state index is 13.1. The normalized spacial score (nSPS) is 16.7. The van der Waals surface area contributed by atoms with Crippen molar-refractivity contribution in [3.63, 3.8) is 0 Å². The Kier molecular flexibility index (Phi) is 8.13. The summed E-state index contributed by atoms with van der Waals surface area (Å²) in [7, 11) is 2.15. The van der Waals surface area contributed by atoms with Gasteiger partial charge in [-0.1, -0.05) is 72.8 Å². The van der Waals surface area contributed by atoms with E-state index in [9.17, 15) is 19.2 Å². The van der Waals surface area contributed by atoms with Gasteiger partial charge < -0.3 is 10.2 Å². The predicted octanol–water partition coefficient (Wildman–Crippen LogP) is 4.21. The van der Waals surface area contributed by atoms with Crippen LogP contribution in [0, 0.1) is 0 Å². The van der Waals surface area contributed by atoms with Gasteiger partial charge >= 0.3 is 0 Å². The van der Waals surface area contributed by atoms with Gasteiger partial charge in [-0.15, -0.1) is 0 Å². The SMILES string of the molecule is CN(CCc1cccc2ccccc12)Cc1ccc(CNCc2ccc3c(c2)C(=O)N(C2CCC(=O)NC2=O)C3=O)cc1. The van der Waals surface area contributed by atoms with Crippen LogP contribution in [0.3, 0.4) is 0 Å². The molecule has 0 radical (unpaired) electrons. The molecule has 2 N–H and O–H groups in total. The number of benzene rings is 4. The van der Waals surface area contributed by atoms with Crippen molar-refractivity contribution >= 4 is 34.4 Å². The number of carbonyl (C=O) groups excluding carboxylic acids is 4. The molecule has 0 aliphatic carbocycles. The van der Waals surface area contributed by atoms with E-state index in [1.807, 2.05) is 6.07 Å². The Morgan fingerprint density at radius 3 is 2.33 bits per heavy atom. The number of hydrogen-bond donors (Lipinski definition) is 2. The first-order chi connectivity index (χ1) is 20.9. The van der Waals surface area contributed by atoms with Crippen molar-refractivity contribution in [1.29, 1.82) is 0 Å². The second kappa shape index (κ2) is 12.3. The van der Waals surface area contributed by atoms with Gasteiger partial charge in [-0.2, -0.15) is 0 Å². The Hall–Kier alpha value is -4.66. The molecule has 1 unspecified atom stereocenters. The van der Waals surface area contributed by atoms with Crippen LogP contribution in [0.5, 0.6) is 0 Å². The largest absolute Gasteiger partial charge is 0.309 e. The van der Waals surface area contributed by atoms with Crippen LogP contribution in [-0.4, -0.2) is 53.1 Å². The summed E-state index contributed by atoms with van der Waals surface area (Å²) in [5, 5.41) is 8.24. The number of hydrogen-bond acceptors (Lipinski definition) is 6. The summed E-state index contributed by atoms with van der Waals surface area (Å²) >= 11 is 0. The molecule has 6 rings (SSSR count). The highest BCUT2D eigenvalue weighted by Gasteiger charge is 2.44. The lowest BCUT2D eigenvalue weighted by Gasteiger charge is -2.27. The van der Waals surface area contributed by atoms with E-state index in [2.05, 4.69) is 89.3 Å². The highest BCUT2D eigenvalue weighted by molar-refractivity contribution is 6.23. The van der Waals surface area contributed by atoms with E-state index in [-0.39, 0.29) is 24.3 Å². The summed E-state index contributed by atoms with van der Waals surface area (Å²) < 4.78 is 0. The Morgan fingerprint density at radius 2 is 1.51 bits per heavy atom. The third-order valence-electron chi connectivity index (χ3n) is 8.28. The summed E-state index contributed by atoms with van der Waals surface area (Å²) in [5.74, 6) is -1.98. The fourth-order valence-electron chi connectivity index (χ4n) is 5.95. The number of nitrogens with one attached hydrogen (secondary N) is 2. The topological polar surface area (TPSA) is 98.8 Å². The van der Waals surface area contributed by atoms with Crippen LogP contribution < -0.4 is 10.6 Å². The summed E-state index contributed by atoms with van der Waals surface area (Å²) in [5.41, 5.74) is 5.23. The van der Waals surface area contributed by atoms with E-state index in [1.54, 1.807) is 12.1 Å². The molecule has 1 atom stereocenters. The zero-order valence-corrected chi connectivity index (χ0v) is 24.1. The highest BCUT2D eigenvalue weighted by Crippen LogP contribution is 2.28. The molecule has 8 heteroatoms. The first-order valence-corrected chi connectivity index (χ1v) is 14.7. The van der Waals surface area contributed by atoms with Crippen molar-refractivity contribution in [1.82, 2.24) is 20.4 Å². The average Bonchev–Trinajstić information content (AvgIpc) is 3.25. The molecule has 0 aromatic heterocycles. The lowest BCUT2D eigenvalue weighted by Crippen LogP contribution is -2.54. The number of nitrogens with zero attached hydrogens (tertiary/aromatic N) is 2. The van der Waals surface area contributed by atoms with Gasteiger partial charge in [-0.3, -0.25) is 29.4 Å². The van der Waals surface area contributed by atoms with Gasteiger partial charge in [0, 0.05) is 32.6 Å². The summed E-state index contributed by atoms with van der Waals surface area (Å²) in [6, 6.07) is 27.8. The lowest BCUT2D eigenvalue weighted by atomic mass is 10.0. The molecule has 2 aliphatic rings. The van der Waals surface area contributed by atoms with Crippen LogP contribution in [0.2, 0.25) is 0 Å². The zero-order valence-electron chi connectivity index (χ0n) is 24.1. The van der Waals surface area contributed by atoms with Crippen LogP contribution in [-0.2, 0) is 35.6 Å². The quantitative estimate of drug-likeness (QED) is 0.276. The number of amides is 4. The second-order valence-corrected chi connectivity index (χ2v) is 11.4. The minimum Gasteiger partial charge on any atom is -0.309 e. The zero-order chi connectivity index (χ0) is 29.9. The van der Waals surface area contributed by atoms with Crippen LogP contribution in [0.25, 0.3) is 10.8 Å². The molecular weight excluding hydrogens is 540 g/mol. The third kappa shape index (κ3) is 6.11. The van der Waals surface area contributed by atoms with Crippen LogP contribution in [0.15, 0.2) is 84.9 Å². The smallest absolute Gasteiger partial charge is 0.262 e. The number of likely N-dealkylation sites (N-methyl/N-ethyl adjacent to an activating group) is 1. The monoisotopic (exact) mass is 574 g/mol. The van der Waals surface area contributed by atoms with Gasteiger partial charge in [-0.05, 0) is 65.0 Å². The molecule has 0 bridgehead atoms. The number of piperidine rings is 1. The maximum atomic E-state index is 13.1. The van der Waals surface area contributed by atoms with E-state index in [4.69, 9.17) is 0 Å². The van der Waals surface area contributed by atoms with Gasteiger partial charge in [0.2, 0.25) is 11.8 Å². The highest BCUT2D eigenvalue weighted by atomic mass is 16.2.